The Morgan fingerprint density at radius 3 is 2.44 bits per heavy atom. The Kier molecular flexibility index (Phi) is 6.19. The standard InChI is InChI=1S/C31H27ClN2O5/c1-17-27(33-30(37)38-18(2)23-5-3-4-6-26(23)32)28(39-34-17)21-9-11-24-19(15-21)7-8-20-16-22(10-12-25(20)24)31(13-14-31)29(35)36/h3-6,9-12,15-16,18H,7-8,13-14H2,1-2H3,(H,33,37)(H,35,36). The molecule has 0 aliphatic heterocycles. The number of carboxylic acid groups (broad SMARTS) is 1. The summed E-state index contributed by atoms with van der Waals surface area (Å²) in [5.41, 5.74) is 7.26. The van der Waals surface area contributed by atoms with Crippen molar-refractivity contribution in [2.75, 3.05) is 5.32 Å². The molecule has 1 saturated carbocycles. The van der Waals surface area contributed by atoms with Crippen molar-refractivity contribution in [3.63, 3.8) is 0 Å². The van der Waals surface area contributed by atoms with Crippen LogP contribution in [-0.2, 0) is 27.8 Å². The Bertz CT molecular complexity index is 1620. The van der Waals surface area contributed by atoms with Crippen molar-refractivity contribution in [2.45, 2.75) is 51.0 Å². The van der Waals surface area contributed by atoms with Crippen molar-refractivity contribution >= 4 is 29.4 Å². The molecule has 7 nitrogen and oxygen atoms in total. The Hall–Kier alpha value is -4.10. The highest BCUT2D eigenvalue weighted by Gasteiger charge is 2.51. The molecule has 4 aromatic rings. The molecule has 2 aliphatic carbocycles. The predicted molar refractivity (Wildman–Crippen MR) is 148 cm³/mol. The zero-order chi connectivity index (χ0) is 27.3. The molecule has 1 atom stereocenters. The maximum atomic E-state index is 12.8. The summed E-state index contributed by atoms with van der Waals surface area (Å²) in [5, 5.41) is 17.1. The molecule has 0 spiro atoms. The highest BCUT2D eigenvalue weighted by Crippen LogP contribution is 2.50. The van der Waals surface area contributed by atoms with E-state index in [1.54, 1.807) is 19.9 Å². The summed E-state index contributed by atoms with van der Waals surface area (Å²) >= 11 is 6.25. The molecule has 1 unspecified atom stereocenters. The highest BCUT2D eigenvalue weighted by molar-refractivity contribution is 6.31. The minimum atomic E-state index is -0.739. The number of benzene rings is 3. The van der Waals surface area contributed by atoms with Crippen LogP contribution in [0.5, 0.6) is 0 Å². The lowest BCUT2D eigenvalue weighted by atomic mass is 9.82. The number of aliphatic carboxylic acids is 1. The van der Waals surface area contributed by atoms with E-state index in [0.29, 0.717) is 40.6 Å². The second-order valence-electron chi connectivity index (χ2n) is 10.3. The first-order chi connectivity index (χ1) is 18.8. The van der Waals surface area contributed by atoms with Crippen molar-refractivity contribution in [3.05, 3.63) is 93.6 Å². The number of carboxylic acids is 1. The van der Waals surface area contributed by atoms with Gasteiger partial charge in [0.25, 0.3) is 0 Å². The van der Waals surface area contributed by atoms with Crippen molar-refractivity contribution in [1.29, 1.82) is 0 Å². The maximum Gasteiger partial charge on any atom is 0.412 e. The number of aryl methyl sites for hydroxylation is 3. The van der Waals surface area contributed by atoms with Gasteiger partial charge in [0.2, 0.25) is 0 Å². The van der Waals surface area contributed by atoms with E-state index >= 15 is 0 Å². The van der Waals surface area contributed by atoms with Gasteiger partial charge in [-0.3, -0.25) is 10.1 Å². The third-order valence-corrected chi connectivity index (χ3v) is 8.20. The van der Waals surface area contributed by atoms with Crippen LogP contribution in [0.15, 0.2) is 65.2 Å². The molecule has 1 heterocycles. The fourth-order valence-electron chi connectivity index (χ4n) is 5.46. The first-order valence-corrected chi connectivity index (χ1v) is 13.3. The van der Waals surface area contributed by atoms with Gasteiger partial charge in [-0.25, -0.2) is 4.79 Å². The van der Waals surface area contributed by atoms with Crippen LogP contribution in [0.3, 0.4) is 0 Å². The summed E-state index contributed by atoms with van der Waals surface area (Å²) in [6, 6.07) is 19.4. The fraction of sp³-hybridized carbons (Fsp3) is 0.258. The van der Waals surface area contributed by atoms with Crippen LogP contribution >= 0.6 is 11.6 Å². The molecule has 2 N–H and O–H groups in total. The summed E-state index contributed by atoms with van der Waals surface area (Å²) in [5.74, 6) is -0.284. The number of rotatable bonds is 6. The van der Waals surface area contributed by atoms with Crippen molar-refractivity contribution in [2.24, 2.45) is 0 Å². The summed E-state index contributed by atoms with van der Waals surface area (Å²) in [4.78, 5) is 24.6. The van der Waals surface area contributed by atoms with Gasteiger partial charge in [0.1, 0.15) is 17.5 Å². The van der Waals surface area contributed by atoms with Gasteiger partial charge in [0, 0.05) is 16.1 Å². The minimum absolute atomic E-state index is 0.454. The Labute approximate surface area is 230 Å². The van der Waals surface area contributed by atoms with Gasteiger partial charge >= 0.3 is 12.1 Å². The second kappa shape index (κ2) is 9.58. The third kappa shape index (κ3) is 4.46. The lowest BCUT2D eigenvalue weighted by Gasteiger charge is -2.22. The van der Waals surface area contributed by atoms with E-state index in [-0.39, 0.29) is 0 Å². The zero-order valence-corrected chi connectivity index (χ0v) is 22.3. The Morgan fingerprint density at radius 2 is 1.74 bits per heavy atom. The van der Waals surface area contributed by atoms with E-state index in [2.05, 4.69) is 22.6 Å². The van der Waals surface area contributed by atoms with Crippen LogP contribution in [0, 0.1) is 6.92 Å². The van der Waals surface area contributed by atoms with Gasteiger partial charge in [-0.05, 0) is 79.5 Å². The fourth-order valence-corrected chi connectivity index (χ4v) is 5.75. The van der Waals surface area contributed by atoms with Crippen molar-refractivity contribution < 1.29 is 24.0 Å². The number of fused-ring (bicyclic) bond motifs is 3. The minimum Gasteiger partial charge on any atom is -0.481 e. The number of nitrogens with zero attached hydrogens (tertiary/aromatic N) is 1. The maximum absolute atomic E-state index is 12.8. The van der Waals surface area contributed by atoms with Gasteiger partial charge < -0.3 is 14.4 Å². The number of ether oxygens (including phenoxy) is 1. The molecule has 2 aliphatic rings. The number of anilines is 1. The molecule has 0 saturated heterocycles. The second-order valence-corrected chi connectivity index (χ2v) is 10.7. The number of hydrogen-bond donors (Lipinski definition) is 2. The molecule has 1 fully saturated rings. The number of nitrogens with one attached hydrogen (secondary N) is 1. The smallest absolute Gasteiger partial charge is 0.412 e. The first kappa shape index (κ1) is 25.2. The molecule has 198 valence electrons. The van der Waals surface area contributed by atoms with Gasteiger partial charge in [0.15, 0.2) is 5.76 Å². The summed E-state index contributed by atoms with van der Waals surface area (Å²) < 4.78 is 11.2. The van der Waals surface area contributed by atoms with Crippen LogP contribution in [0.4, 0.5) is 10.5 Å². The van der Waals surface area contributed by atoms with E-state index in [9.17, 15) is 14.7 Å². The third-order valence-electron chi connectivity index (χ3n) is 7.86. The average Bonchev–Trinajstić information content (AvgIpc) is 3.67. The number of carbonyl (C=O) groups excluding carboxylic acids is 1. The number of carbonyl (C=O) groups is 2. The van der Waals surface area contributed by atoms with E-state index in [4.69, 9.17) is 20.9 Å². The molecule has 1 aromatic heterocycles. The lowest BCUT2D eigenvalue weighted by molar-refractivity contribution is -0.140. The summed E-state index contributed by atoms with van der Waals surface area (Å²) in [7, 11) is 0. The zero-order valence-electron chi connectivity index (χ0n) is 21.6. The summed E-state index contributed by atoms with van der Waals surface area (Å²) in [6.45, 7) is 3.52. The highest BCUT2D eigenvalue weighted by atomic mass is 35.5. The van der Waals surface area contributed by atoms with Crippen LogP contribution in [0.25, 0.3) is 22.5 Å². The molecule has 1 amide bonds. The summed E-state index contributed by atoms with van der Waals surface area (Å²) in [6.07, 6.45) is 1.85. The molecular formula is C31H27ClN2O5. The van der Waals surface area contributed by atoms with Crippen LogP contribution in [-0.4, -0.2) is 22.3 Å². The number of halogens is 1. The van der Waals surface area contributed by atoms with E-state index in [0.717, 1.165) is 40.7 Å². The van der Waals surface area contributed by atoms with E-state index in [1.165, 1.54) is 5.56 Å². The number of aromatic nitrogens is 1. The predicted octanol–water partition coefficient (Wildman–Crippen LogP) is 7.49. The molecule has 0 radical (unpaired) electrons. The van der Waals surface area contributed by atoms with Crippen LogP contribution < -0.4 is 5.32 Å². The van der Waals surface area contributed by atoms with Gasteiger partial charge in [-0.2, -0.15) is 0 Å². The van der Waals surface area contributed by atoms with Crippen LogP contribution in [0.2, 0.25) is 5.02 Å². The Morgan fingerprint density at radius 1 is 1.05 bits per heavy atom. The average molecular weight is 543 g/mol. The lowest BCUT2D eigenvalue weighted by Crippen LogP contribution is -2.20. The monoisotopic (exact) mass is 542 g/mol. The van der Waals surface area contributed by atoms with Crippen molar-refractivity contribution in [3.8, 4) is 22.5 Å². The van der Waals surface area contributed by atoms with Gasteiger partial charge in [0.05, 0.1) is 5.41 Å². The molecular weight excluding hydrogens is 516 g/mol. The molecule has 39 heavy (non-hydrogen) atoms. The molecule has 8 heteroatoms. The normalized spacial score (nSPS) is 15.6. The largest absolute Gasteiger partial charge is 0.481 e. The Balaban J connectivity index is 1.24. The van der Waals surface area contributed by atoms with E-state index < -0.39 is 23.6 Å². The van der Waals surface area contributed by atoms with Gasteiger partial charge in [-0.1, -0.05) is 65.3 Å². The topological polar surface area (TPSA) is 102 Å². The van der Waals surface area contributed by atoms with Gasteiger partial charge in [-0.15, -0.1) is 0 Å². The van der Waals surface area contributed by atoms with Crippen molar-refractivity contribution in [1.82, 2.24) is 5.16 Å². The molecule has 0 bridgehead atoms. The quantitative estimate of drug-likeness (QED) is 0.261. The molecule has 3 aromatic carbocycles. The number of hydrogen-bond acceptors (Lipinski definition) is 5. The molecule has 6 rings (SSSR count). The SMILES string of the molecule is Cc1noc(-c2ccc3c(c2)CCc2cc(C4(C(=O)O)CC4)ccc2-3)c1NC(=O)OC(C)c1ccccc1Cl. The van der Waals surface area contributed by atoms with Crippen LogP contribution in [0.1, 0.15) is 53.8 Å². The van der Waals surface area contributed by atoms with E-state index in [1.807, 2.05) is 42.5 Å². The number of amides is 1. The first-order valence-electron chi connectivity index (χ1n) is 13.0.